The third-order valence-corrected chi connectivity index (χ3v) is 3.84. The maximum atomic E-state index is 12.1. The molecule has 84 valence electrons. The van der Waals surface area contributed by atoms with E-state index in [1.165, 1.54) is 11.5 Å². The van der Waals surface area contributed by atoms with Gasteiger partial charge in [-0.15, -0.1) is 0 Å². The Balaban J connectivity index is 2.09. The molecule has 0 atom stereocenters. The summed E-state index contributed by atoms with van der Waals surface area (Å²) >= 11 is 1.50. The van der Waals surface area contributed by atoms with E-state index in [0.29, 0.717) is 13.2 Å². The number of hydrogen-bond acceptors (Lipinski definition) is 4. The number of morpholine rings is 1. The number of fused-ring (bicyclic) bond motifs is 1. The second-order valence-electron chi connectivity index (χ2n) is 3.73. The van der Waals surface area contributed by atoms with Gasteiger partial charge in [-0.05, 0) is 23.7 Å². The first-order valence-corrected chi connectivity index (χ1v) is 6.07. The number of aromatic nitrogens is 1. The van der Waals surface area contributed by atoms with Gasteiger partial charge in [-0.25, -0.2) is 0 Å². The number of rotatable bonds is 1. The van der Waals surface area contributed by atoms with E-state index in [9.17, 15) is 4.79 Å². The van der Waals surface area contributed by atoms with Gasteiger partial charge in [0.05, 0.1) is 36.4 Å². The van der Waals surface area contributed by atoms with Gasteiger partial charge in [-0.3, -0.25) is 9.80 Å². The molecular formula is C11H12N2O2S. The second kappa shape index (κ2) is 3.92. The molecule has 0 unspecified atom stereocenters. The van der Waals surface area contributed by atoms with Gasteiger partial charge < -0.3 is 4.74 Å². The van der Waals surface area contributed by atoms with Crippen LogP contribution in [0.5, 0.6) is 0 Å². The quantitative estimate of drug-likeness (QED) is 0.741. The molecule has 1 saturated heterocycles. The van der Waals surface area contributed by atoms with Crippen molar-refractivity contribution in [3.8, 4) is 0 Å². The third kappa shape index (κ3) is 1.52. The summed E-state index contributed by atoms with van der Waals surface area (Å²) in [6, 6.07) is 7.73. The van der Waals surface area contributed by atoms with Crippen LogP contribution in [0.15, 0.2) is 29.1 Å². The third-order valence-electron chi connectivity index (χ3n) is 2.72. The van der Waals surface area contributed by atoms with Gasteiger partial charge in [-0.2, -0.15) is 4.07 Å². The SMILES string of the molecule is O=c1c2ccccc2sn1N1CCOCC1. The predicted molar refractivity (Wildman–Crippen MR) is 64.9 cm³/mol. The summed E-state index contributed by atoms with van der Waals surface area (Å²) in [5.74, 6) is 0. The van der Waals surface area contributed by atoms with Crippen LogP contribution in [-0.2, 0) is 4.74 Å². The summed E-state index contributed by atoms with van der Waals surface area (Å²) in [7, 11) is 0. The fraction of sp³-hybridized carbons (Fsp3) is 0.364. The van der Waals surface area contributed by atoms with Crippen molar-refractivity contribution in [2.24, 2.45) is 0 Å². The van der Waals surface area contributed by atoms with Crippen LogP contribution in [-0.4, -0.2) is 30.4 Å². The number of benzene rings is 1. The summed E-state index contributed by atoms with van der Waals surface area (Å²) in [5, 5.41) is 2.86. The Labute approximate surface area is 96.8 Å². The molecule has 0 amide bonds. The summed E-state index contributed by atoms with van der Waals surface area (Å²) in [4.78, 5) is 12.1. The minimum absolute atomic E-state index is 0.0856. The van der Waals surface area contributed by atoms with Crippen molar-refractivity contribution in [1.82, 2.24) is 4.07 Å². The molecule has 0 N–H and O–H groups in total. The fourth-order valence-corrected chi connectivity index (χ4v) is 2.92. The predicted octanol–water partition coefficient (Wildman–Crippen LogP) is 1.03. The number of hydrogen-bond donors (Lipinski definition) is 0. The smallest absolute Gasteiger partial charge is 0.287 e. The Hall–Kier alpha value is -1.33. The van der Waals surface area contributed by atoms with Gasteiger partial charge in [0.25, 0.3) is 5.56 Å². The molecule has 2 heterocycles. The maximum Gasteiger partial charge on any atom is 0.287 e. The minimum Gasteiger partial charge on any atom is -0.378 e. The molecule has 4 nitrogen and oxygen atoms in total. The van der Waals surface area contributed by atoms with Crippen molar-refractivity contribution in [3.05, 3.63) is 34.6 Å². The standard InChI is InChI=1S/C11H12N2O2S/c14-11-9-3-1-2-4-10(9)16-13(11)12-5-7-15-8-6-12/h1-4H,5-8H2. The zero-order valence-electron chi connectivity index (χ0n) is 8.76. The molecule has 2 aromatic rings. The maximum absolute atomic E-state index is 12.1. The van der Waals surface area contributed by atoms with Gasteiger partial charge in [0.1, 0.15) is 0 Å². The minimum atomic E-state index is 0.0856. The zero-order chi connectivity index (χ0) is 11.0. The zero-order valence-corrected chi connectivity index (χ0v) is 9.57. The Kier molecular flexibility index (Phi) is 2.41. The molecule has 1 aromatic carbocycles. The molecule has 0 saturated carbocycles. The molecule has 1 aromatic heterocycles. The van der Waals surface area contributed by atoms with Crippen LogP contribution < -0.4 is 10.6 Å². The monoisotopic (exact) mass is 236 g/mol. The van der Waals surface area contributed by atoms with E-state index in [2.05, 4.69) is 5.01 Å². The Morgan fingerprint density at radius 1 is 1.19 bits per heavy atom. The lowest BCUT2D eigenvalue weighted by Crippen LogP contribution is -2.46. The van der Waals surface area contributed by atoms with Gasteiger partial charge in [0, 0.05) is 0 Å². The number of nitrogens with zero attached hydrogens (tertiary/aromatic N) is 2. The van der Waals surface area contributed by atoms with Gasteiger partial charge in [0.2, 0.25) is 0 Å². The van der Waals surface area contributed by atoms with Crippen molar-refractivity contribution >= 4 is 21.6 Å². The van der Waals surface area contributed by atoms with Crippen molar-refractivity contribution in [3.63, 3.8) is 0 Å². The lowest BCUT2D eigenvalue weighted by molar-refractivity contribution is 0.112. The van der Waals surface area contributed by atoms with E-state index in [1.807, 2.05) is 24.3 Å². The summed E-state index contributed by atoms with van der Waals surface area (Å²) < 4.78 is 8.08. The molecule has 0 radical (unpaired) electrons. The Morgan fingerprint density at radius 3 is 2.69 bits per heavy atom. The largest absolute Gasteiger partial charge is 0.378 e. The topological polar surface area (TPSA) is 34.5 Å². The Morgan fingerprint density at radius 2 is 1.94 bits per heavy atom. The van der Waals surface area contributed by atoms with E-state index >= 15 is 0 Å². The first kappa shape index (κ1) is 9.86. The van der Waals surface area contributed by atoms with Crippen LogP contribution in [0.25, 0.3) is 10.1 Å². The highest BCUT2D eigenvalue weighted by Crippen LogP contribution is 2.16. The lowest BCUT2D eigenvalue weighted by Gasteiger charge is -2.27. The van der Waals surface area contributed by atoms with Gasteiger partial charge >= 0.3 is 0 Å². The van der Waals surface area contributed by atoms with Gasteiger partial charge in [-0.1, -0.05) is 12.1 Å². The summed E-state index contributed by atoms with van der Waals surface area (Å²) in [6.07, 6.45) is 0. The molecule has 0 bridgehead atoms. The van der Waals surface area contributed by atoms with E-state index in [1.54, 1.807) is 4.07 Å². The highest BCUT2D eigenvalue weighted by atomic mass is 32.1. The van der Waals surface area contributed by atoms with Gasteiger partial charge in [0.15, 0.2) is 0 Å². The molecule has 1 aliphatic rings. The van der Waals surface area contributed by atoms with E-state index in [0.717, 1.165) is 23.2 Å². The summed E-state index contributed by atoms with van der Waals surface area (Å²) in [5.41, 5.74) is 0.0856. The molecule has 0 spiro atoms. The highest BCUT2D eigenvalue weighted by Gasteiger charge is 2.15. The van der Waals surface area contributed by atoms with E-state index < -0.39 is 0 Å². The average Bonchev–Trinajstić information content (AvgIpc) is 2.69. The Bertz CT molecular complexity index is 554. The normalized spacial score (nSPS) is 16.9. The van der Waals surface area contributed by atoms with E-state index in [4.69, 9.17) is 4.74 Å². The van der Waals surface area contributed by atoms with Crippen molar-refractivity contribution in [2.45, 2.75) is 0 Å². The molecule has 3 rings (SSSR count). The molecule has 5 heteroatoms. The van der Waals surface area contributed by atoms with Crippen molar-refractivity contribution in [2.75, 3.05) is 31.3 Å². The lowest BCUT2D eigenvalue weighted by atomic mass is 10.3. The van der Waals surface area contributed by atoms with Crippen molar-refractivity contribution < 1.29 is 4.74 Å². The van der Waals surface area contributed by atoms with Crippen LogP contribution >= 0.6 is 11.5 Å². The first-order chi connectivity index (χ1) is 7.86. The highest BCUT2D eigenvalue weighted by molar-refractivity contribution is 7.13. The van der Waals surface area contributed by atoms with Crippen LogP contribution in [0, 0.1) is 0 Å². The van der Waals surface area contributed by atoms with Crippen LogP contribution in [0.3, 0.4) is 0 Å². The fourth-order valence-electron chi connectivity index (χ4n) is 1.88. The molecular weight excluding hydrogens is 224 g/mol. The summed E-state index contributed by atoms with van der Waals surface area (Å²) in [6.45, 7) is 2.96. The molecule has 1 fully saturated rings. The molecule has 16 heavy (non-hydrogen) atoms. The number of ether oxygens (including phenoxy) is 1. The van der Waals surface area contributed by atoms with Crippen molar-refractivity contribution in [1.29, 1.82) is 0 Å². The second-order valence-corrected chi connectivity index (χ2v) is 4.70. The van der Waals surface area contributed by atoms with E-state index in [-0.39, 0.29) is 5.56 Å². The molecule has 0 aliphatic carbocycles. The van der Waals surface area contributed by atoms with Crippen LogP contribution in [0.1, 0.15) is 0 Å². The average molecular weight is 236 g/mol. The first-order valence-electron chi connectivity index (χ1n) is 5.30. The van der Waals surface area contributed by atoms with Crippen LogP contribution in [0.4, 0.5) is 0 Å². The molecule has 1 aliphatic heterocycles. The van der Waals surface area contributed by atoms with Crippen LogP contribution in [0.2, 0.25) is 0 Å².